The van der Waals surface area contributed by atoms with Crippen molar-refractivity contribution in [1.82, 2.24) is 14.5 Å². The third kappa shape index (κ3) is 4.17. The minimum Gasteiger partial charge on any atom is -0.497 e. The number of benzene rings is 2. The maximum atomic E-state index is 13.1. The van der Waals surface area contributed by atoms with Crippen molar-refractivity contribution in [2.24, 2.45) is 0 Å². The SMILES string of the molecule is COc1cccc(-c2nc(COC(=O)c3cncn3-c3ccc(F)cc3)cs2)c1. The van der Waals surface area contributed by atoms with Crippen LogP contribution in [0.1, 0.15) is 16.2 Å². The largest absolute Gasteiger partial charge is 0.497 e. The van der Waals surface area contributed by atoms with Crippen LogP contribution in [0.5, 0.6) is 5.75 Å². The molecule has 0 atom stereocenters. The number of thiazole rings is 1. The van der Waals surface area contributed by atoms with E-state index in [0.717, 1.165) is 16.3 Å². The smallest absolute Gasteiger partial charge is 0.357 e. The highest BCUT2D eigenvalue weighted by molar-refractivity contribution is 7.13. The molecule has 8 heteroatoms. The molecule has 0 N–H and O–H groups in total. The number of methoxy groups -OCH3 is 1. The highest BCUT2D eigenvalue weighted by Gasteiger charge is 2.16. The molecule has 0 amide bonds. The summed E-state index contributed by atoms with van der Waals surface area (Å²) in [4.78, 5) is 21.0. The van der Waals surface area contributed by atoms with Crippen molar-refractivity contribution in [2.45, 2.75) is 6.61 Å². The van der Waals surface area contributed by atoms with Gasteiger partial charge in [0.1, 0.15) is 23.2 Å². The summed E-state index contributed by atoms with van der Waals surface area (Å²) in [5.74, 6) is -0.143. The minimum atomic E-state index is -0.539. The van der Waals surface area contributed by atoms with Gasteiger partial charge in [0.2, 0.25) is 0 Å². The van der Waals surface area contributed by atoms with E-state index in [0.29, 0.717) is 11.4 Å². The number of imidazole rings is 1. The Morgan fingerprint density at radius 1 is 1.21 bits per heavy atom. The number of halogens is 1. The Morgan fingerprint density at radius 3 is 2.83 bits per heavy atom. The molecule has 0 radical (unpaired) electrons. The fraction of sp³-hybridized carbons (Fsp3) is 0.0952. The van der Waals surface area contributed by atoms with Crippen LogP contribution in [0.2, 0.25) is 0 Å². The van der Waals surface area contributed by atoms with Gasteiger partial charge in [-0.3, -0.25) is 4.57 Å². The summed E-state index contributed by atoms with van der Waals surface area (Å²) in [7, 11) is 1.61. The molecule has 2 heterocycles. The Kier molecular flexibility index (Phi) is 5.35. The summed E-state index contributed by atoms with van der Waals surface area (Å²) in [6, 6.07) is 13.4. The first-order valence-electron chi connectivity index (χ1n) is 8.68. The average Bonchev–Trinajstić information content (AvgIpc) is 3.42. The summed E-state index contributed by atoms with van der Waals surface area (Å²) in [5, 5.41) is 2.66. The molecule has 0 bridgehead atoms. The molecular formula is C21H16FN3O3S. The van der Waals surface area contributed by atoms with Crippen LogP contribution in [-0.4, -0.2) is 27.6 Å². The van der Waals surface area contributed by atoms with Crippen molar-refractivity contribution >= 4 is 17.3 Å². The number of esters is 1. The van der Waals surface area contributed by atoms with Crippen molar-refractivity contribution < 1.29 is 18.7 Å². The number of hydrogen-bond donors (Lipinski definition) is 0. The lowest BCUT2D eigenvalue weighted by atomic mass is 10.2. The van der Waals surface area contributed by atoms with E-state index in [4.69, 9.17) is 9.47 Å². The van der Waals surface area contributed by atoms with Crippen LogP contribution in [-0.2, 0) is 11.3 Å². The van der Waals surface area contributed by atoms with Gasteiger partial charge in [-0.25, -0.2) is 19.2 Å². The lowest BCUT2D eigenvalue weighted by Gasteiger charge is -2.07. The van der Waals surface area contributed by atoms with Gasteiger partial charge >= 0.3 is 5.97 Å². The summed E-state index contributed by atoms with van der Waals surface area (Å²) >= 11 is 1.46. The average molecular weight is 409 g/mol. The zero-order valence-electron chi connectivity index (χ0n) is 15.4. The summed E-state index contributed by atoms with van der Waals surface area (Å²) in [5.41, 5.74) is 2.44. The molecule has 0 aliphatic heterocycles. The molecule has 0 unspecified atom stereocenters. The zero-order chi connectivity index (χ0) is 20.2. The highest BCUT2D eigenvalue weighted by Crippen LogP contribution is 2.27. The third-order valence-corrected chi connectivity index (χ3v) is 5.11. The van der Waals surface area contributed by atoms with E-state index < -0.39 is 5.97 Å². The molecule has 2 aromatic carbocycles. The number of rotatable bonds is 6. The van der Waals surface area contributed by atoms with E-state index in [-0.39, 0.29) is 18.1 Å². The Hall–Kier alpha value is -3.52. The van der Waals surface area contributed by atoms with Crippen molar-refractivity contribution in [3.63, 3.8) is 0 Å². The summed E-state index contributed by atoms with van der Waals surface area (Å²) in [6.45, 7) is 0.0356. The molecule has 0 saturated carbocycles. The Balaban J connectivity index is 1.45. The van der Waals surface area contributed by atoms with Gasteiger partial charge in [0, 0.05) is 16.6 Å². The molecule has 2 aromatic heterocycles. The second kappa shape index (κ2) is 8.24. The Morgan fingerprint density at radius 2 is 2.03 bits per heavy atom. The quantitative estimate of drug-likeness (QED) is 0.439. The Labute approximate surface area is 170 Å². The van der Waals surface area contributed by atoms with E-state index in [9.17, 15) is 9.18 Å². The lowest BCUT2D eigenvalue weighted by molar-refractivity contribution is 0.0459. The van der Waals surface area contributed by atoms with Gasteiger partial charge in [0.05, 0.1) is 25.3 Å². The van der Waals surface area contributed by atoms with Gasteiger partial charge in [-0.15, -0.1) is 11.3 Å². The molecule has 29 heavy (non-hydrogen) atoms. The second-order valence-electron chi connectivity index (χ2n) is 6.08. The molecule has 0 fully saturated rings. The van der Waals surface area contributed by atoms with Crippen molar-refractivity contribution in [2.75, 3.05) is 7.11 Å². The fourth-order valence-electron chi connectivity index (χ4n) is 2.73. The fourth-order valence-corrected chi connectivity index (χ4v) is 3.53. The first-order chi connectivity index (χ1) is 14.1. The standard InChI is InChI=1S/C21H16FN3O3S/c1-27-18-4-2-3-14(9-18)20-24-16(12-29-20)11-28-21(26)19-10-23-13-25(19)17-7-5-15(22)6-8-17/h2-10,12-13H,11H2,1H3. The van der Waals surface area contributed by atoms with Crippen LogP contribution in [0, 0.1) is 5.82 Å². The van der Waals surface area contributed by atoms with E-state index >= 15 is 0 Å². The lowest BCUT2D eigenvalue weighted by Crippen LogP contribution is -2.11. The van der Waals surface area contributed by atoms with E-state index in [2.05, 4.69) is 9.97 Å². The minimum absolute atomic E-state index is 0.0356. The van der Waals surface area contributed by atoms with Crippen LogP contribution in [0.3, 0.4) is 0 Å². The van der Waals surface area contributed by atoms with Crippen LogP contribution in [0.15, 0.2) is 66.4 Å². The number of carbonyl (C=O) groups is 1. The maximum Gasteiger partial charge on any atom is 0.357 e. The van der Waals surface area contributed by atoms with E-state index in [1.165, 1.54) is 36.0 Å². The van der Waals surface area contributed by atoms with Gasteiger partial charge in [0.25, 0.3) is 0 Å². The van der Waals surface area contributed by atoms with E-state index in [1.54, 1.807) is 23.8 Å². The van der Waals surface area contributed by atoms with Crippen LogP contribution in [0.4, 0.5) is 4.39 Å². The van der Waals surface area contributed by atoms with Gasteiger partial charge < -0.3 is 9.47 Å². The van der Waals surface area contributed by atoms with Crippen LogP contribution < -0.4 is 4.74 Å². The number of aromatic nitrogens is 3. The number of ether oxygens (including phenoxy) is 2. The molecule has 146 valence electrons. The molecule has 0 spiro atoms. The van der Waals surface area contributed by atoms with Crippen molar-refractivity contribution in [3.05, 3.63) is 83.6 Å². The first-order valence-corrected chi connectivity index (χ1v) is 9.56. The zero-order valence-corrected chi connectivity index (χ0v) is 16.2. The van der Waals surface area contributed by atoms with Crippen LogP contribution >= 0.6 is 11.3 Å². The Bertz CT molecular complexity index is 1140. The van der Waals surface area contributed by atoms with Crippen LogP contribution in [0.25, 0.3) is 16.3 Å². The molecule has 0 saturated heterocycles. The summed E-state index contributed by atoms with van der Waals surface area (Å²) in [6.07, 6.45) is 2.89. The van der Waals surface area contributed by atoms with Gasteiger partial charge in [-0.05, 0) is 36.4 Å². The second-order valence-corrected chi connectivity index (χ2v) is 6.94. The number of nitrogens with zero attached hydrogens (tertiary/aromatic N) is 3. The van der Waals surface area contributed by atoms with Gasteiger partial charge in [0.15, 0.2) is 5.69 Å². The van der Waals surface area contributed by atoms with Crippen molar-refractivity contribution in [3.8, 4) is 22.0 Å². The summed E-state index contributed by atoms with van der Waals surface area (Å²) < 4.78 is 25.3. The first kappa shape index (κ1) is 18.8. The predicted molar refractivity (Wildman–Crippen MR) is 107 cm³/mol. The molecule has 4 rings (SSSR count). The highest BCUT2D eigenvalue weighted by atomic mass is 32.1. The van der Waals surface area contributed by atoms with E-state index in [1.807, 2.05) is 29.6 Å². The maximum absolute atomic E-state index is 13.1. The molecule has 0 aliphatic carbocycles. The molecule has 4 aromatic rings. The predicted octanol–water partition coefficient (Wildman–Crippen LogP) is 4.50. The molecule has 0 aliphatic rings. The monoisotopic (exact) mass is 409 g/mol. The normalized spacial score (nSPS) is 10.7. The molecule has 6 nitrogen and oxygen atoms in total. The van der Waals surface area contributed by atoms with Gasteiger partial charge in [-0.2, -0.15) is 0 Å². The van der Waals surface area contributed by atoms with Gasteiger partial charge in [-0.1, -0.05) is 12.1 Å². The molecular weight excluding hydrogens is 393 g/mol. The topological polar surface area (TPSA) is 66.2 Å². The number of carbonyl (C=O) groups excluding carboxylic acids is 1. The van der Waals surface area contributed by atoms with Crippen molar-refractivity contribution in [1.29, 1.82) is 0 Å². The number of hydrogen-bond acceptors (Lipinski definition) is 6. The third-order valence-electron chi connectivity index (χ3n) is 4.17.